The molecule has 1 aliphatic carbocycles. The fourth-order valence-electron chi connectivity index (χ4n) is 2.32. The zero-order chi connectivity index (χ0) is 13.9. The third kappa shape index (κ3) is 3.27. The van der Waals surface area contributed by atoms with E-state index < -0.39 is 0 Å². The Labute approximate surface area is 129 Å². The van der Waals surface area contributed by atoms with Gasteiger partial charge in [0, 0.05) is 10.3 Å². The van der Waals surface area contributed by atoms with Gasteiger partial charge in [0.25, 0.3) is 0 Å². The van der Waals surface area contributed by atoms with Crippen LogP contribution >= 0.6 is 50.6 Å². The van der Waals surface area contributed by atoms with Crippen LogP contribution in [0.15, 0.2) is 20.4 Å². The third-order valence-corrected chi connectivity index (χ3v) is 10.7. The molecule has 1 aliphatic rings. The van der Waals surface area contributed by atoms with Crippen LogP contribution in [0.3, 0.4) is 0 Å². The molecule has 0 bridgehead atoms. The van der Waals surface area contributed by atoms with Crippen LogP contribution in [0.4, 0.5) is 0 Å². The molecule has 0 saturated carbocycles. The number of halogens is 3. The number of allylic oxidation sites excluding steroid dienone is 4. The SMILES string of the molecule is CCP(CC)C1=C(Cl)C(P(CC)CC)C(Cl)=C1Cl. The summed E-state index contributed by atoms with van der Waals surface area (Å²) in [7, 11) is -0.418. The molecule has 0 spiro atoms. The normalized spacial score (nSPS) is 20.8. The van der Waals surface area contributed by atoms with E-state index in [0.717, 1.165) is 39.7 Å². The highest BCUT2D eigenvalue weighted by Gasteiger charge is 2.37. The lowest BCUT2D eigenvalue weighted by molar-refractivity contribution is 1.27. The summed E-state index contributed by atoms with van der Waals surface area (Å²) in [6.07, 6.45) is 4.55. The largest absolute Gasteiger partial charge is 0.0929 e. The van der Waals surface area contributed by atoms with Crippen molar-refractivity contribution in [3.63, 3.8) is 0 Å². The van der Waals surface area contributed by atoms with Gasteiger partial charge >= 0.3 is 0 Å². The predicted molar refractivity (Wildman–Crippen MR) is 91.4 cm³/mol. The van der Waals surface area contributed by atoms with Crippen molar-refractivity contribution in [2.45, 2.75) is 33.4 Å². The predicted octanol–water partition coefficient (Wildman–Crippen LogP) is 6.55. The lowest BCUT2D eigenvalue weighted by Gasteiger charge is -2.23. The van der Waals surface area contributed by atoms with E-state index in [-0.39, 0.29) is 21.5 Å². The van der Waals surface area contributed by atoms with Crippen LogP contribution in [0, 0.1) is 0 Å². The van der Waals surface area contributed by atoms with E-state index in [1.165, 1.54) is 5.31 Å². The lowest BCUT2D eigenvalue weighted by Crippen LogP contribution is -2.06. The van der Waals surface area contributed by atoms with Gasteiger partial charge < -0.3 is 0 Å². The van der Waals surface area contributed by atoms with Crippen molar-refractivity contribution in [3.8, 4) is 0 Å². The highest BCUT2D eigenvalue weighted by Crippen LogP contribution is 2.63. The van der Waals surface area contributed by atoms with E-state index in [9.17, 15) is 0 Å². The van der Waals surface area contributed by atoms with E-state index in [0.29, 0.717) is 0 Å². The number of hydrogen-bond acceptors (Lipinski definition) is 0. The zero-order valence-electron chi connectivity index (χ0n) is 11.4. The summed E-state index contributed by atoms with van der Waals surface area (Å²) in [6.45, 7) is 8.86. The monoisotopic (exact) mass is 344 g/mol. The molecule has 0 fully saturated rings. The maximum Gasteiger partial charge on any atom is 0.0650 e. The fraction of sp³-hybridized carbons (Fsp3) is 0.692. The number of hydrogen-bond donors (Lipinski definition) is 0. The van der Waals surface area contributed by atoms with Gasteiger partial charge in [-0.05, 0) is 24.6 Å². The zero-order valence-corrected chi connectivity index (χ0v) is 15.5. The van der Waals surface area contributed by atoms with Crippen LogP contribution in [0.2, 0.25) is 0 Å². The van der Waals surface area contributed by atoms with Crippen LogP contribution in [0.1, 0.15) is 27.7 Å². The highest BCUT2D eigenvalue weighted by molar-refractivity contribution is 7.63. The molecule has 104 valence electrons. The first-order chi connectivity index (χ1) is 8.53. The molecular formula is C13H21Cl3P2. The van der Waals surface area contributed by atoms with Crippen LogP contribution < -0.4 is 0 Å². The van der Waals surface area contributed by atoms with Gasteiger partial charge in [-0.15, -0.1) is 0 Å². The van der Waals surface area contributed by atoms with Crippen molar-refractivity contribution in [2.24, 2.45) is 0 Å². The lowest BCUT2D eigenvalue weighted by atomic mass is 10.4. The quantitative estimate of drug-likeness (QED) is 0.479. The van der Waals surface area contributed by atoms with E-state index >= 15 is 0 Å². The summed E-state index contributed by atoms with van der Waals surface area (Å²) < 4.78 is 0. The first-order valence-corrected chi connectivity index (χ1v) is 11.1. The van der Waals surface area contributed by atoms with Crippen LogP contribution in [0.25, 0.3) is 0 Å². The summed E-state index contributed by atoms with van der Waals surface area (Å²) >= 11 is 19.6. The first kappa shape index (κ1) is 17.3. The van der Waals surface area contributed by atoms with Crippen LogP contribution in [-0.4, -0.2) is 30.3 Å². The Hall–Kier alpha value is 1.21. The highest BCUT2D eigenvalue weighted by atomic mass is 35.5. The van der Waals surface area contributed by atoms with Crippen molar-refractivity contribution >= 4 is 50.6 Å². The Morgan fingerprint density at radius 1 is 0.833 bits per heavy atom. The van der Waals surface area contributed by atoms with Gasteiger partial charge in [0.15, 0.2) is 0 Å². The van der Waals surface area contributed by atoms with Crippen molar-refractivity contribution in [1.29, 1.82) is 0 Å². The minimum absolute atomic E-state index is 0.178. The summed E-state index contributed by atoms with van der Waals surface area (Å²) in [4.78, 5) is 0. The Morgan fingerprint density at radius 3 is 1.72 bits per heavy atom. The van der Waals surface area contributed by atoms with Gasteiger partial charge in [-0.2, -0.15) is 0 Å². The van der Waals surface area contributed by atoms with E-state index in [4.69, 9.17) is 34.8 Å². The van der Waals surface area contributed by atoms with Crippen molar-refractivity contribution in [2.75, 3.05) is 24.6 Å². The minimum atomic E-state index is -0.240. The van der Waals surface area contributed by atoms with Gasteiger partial charge in [0.1, 0.15) is 0 Å². The van der Waals surface area contributed by atoms with Crippen molar-refractivity contribution < 1.29 is 0 Å². The molecule has 0 aromatic rings. The standard InChI is InChI=1S/C13H21Cl3P2/c1-5-17(6-2)12-9(14)10(15)13(11(12)16)18(7-3)8-4/h12H,5-8H2,1-4H3. The second-order valence-corrected chi connectivity index (χ2v) is 11.1. The third-order valence-electron chi connectivity index (χ3n) is 3.38. The van der Waals surface area contributed by atoms with Gasteiger partial charge in [0.05, 0.1) is 15.7 Å². The Balaban J connectivity index is 3.18. The second kappa shape index (κ2) is 7.85. The summed E-state index contributed by atoms with van der Waals surface area (Å²) in [5, 5.41) is 3.70. The molecule has 18 heavy (non-hydrogen) atoms. The van der Waals surface area contributed by atoms with Crippen LogP contribution in [-0.2, 0) is 0 Å². The first-order valence-electron chi connectivity index (χ1n) is 6.47. The Kier molecular flexibility index (Phi) is 7.53. The average molecular weight is 346 g/mol. The molecule has 0 saturated heterocycles. The second-order valence-electron chi connectivity index (χ2n) is 4.15. The number of rotatable bonds is 6. The average Bonchev–Trinajstić information content (AvgIpc) is 2.59. The molecule has 0 amide bonds. The van der Waals surface area contributed by atoms with E-state index in [2.05, 4.69) is 27.7 Å². The molecule has 1 rings (SSSR count). The van der Waals surface area contributed by atoms with Gasteiger partial charge in [0.2, 0.25) is 0 Å². The topological polar surface area (TPSA) is 0 Å². The molecule has 0 aliphatic heterocycles. The van der Waals surface area contributed by atoms with Crippen LogP contribution in [0.5, 0.6) is 0 Å². The molecule has 0 radical (unpaired) electrons. The molecule has 0 N–H and O–H groups in total. The summed E-state index contributed by atoms with van der Waals surface area (Å²) in [5.74, 6) is 0. The van der Waals surface area contributed by atoms with E-state index in [1.807, 2.05) is 0 Å². The van der Waals surface area contributed by atoms with Crippen molar-refractivity contribution in [1.82, 2.24) is 0 Å². The molecule has 0 heterocycles. The molecule has 1 unspecified atom stereocenters. The smallest absolute Gasteiger partial charge is 0.0650 e. The maximum absolute atomic E-state index is 6.64. The summed E-state index contributed by atoms with van der Waals surface area (Å²) in [5.41, 5.74) is 0.212. The van der Waals surface area contributed by atoms with E-state index in [1.54, 1.807) is 0 Å². The van der Waals surface area contributed by atoms with Gasteiger partial charge in [-0.3, -0.25) is 0 Å². The molecule has 5 heteroatoms. The molecule has 0 nitrogen and oxygen atoms in total. The fourth-order valence-corrected chi connectivity index (χ4v) is 8.81. The molecule has 0 aromatic carbocycles. The van der Waals surface area contributed by atoms with Crippen molar-refractivity contribution in [3.05, 3.63) is 20.4 Å². The van der Waals surface area contributed by atoms with Gasteiger partial charge in [-0.1, -0.05) is 78.3 Å². The molecule has 1 atom stereocenters. The maximum atomic E-state index is 6.64. The molecular weight excluding hydrogens is 324 g/mol. The Morgan fingerprint density at radius 2 is 1.33 bits per heavy atom. The van der Waals surface area contributed by atoms with Gasteiger partial charge in [-0.25, -0.2) is 0 Å². The minimum Gasteiger partial charge on any atom is -0.0929 e. The molecule has 0 aromatic heterocycles. The summed E-state index contributed by atoms with van der Waals surface area (Å²) in [6, 6.07) is 0. The Bertz CT molecular complexity index is 355.